The Bertz CT molecular complexity index is 453. The van der Waals surface area contributed by atoms with Gasteiger partial charge in [-0.3, -0.25) is 0 Å². The summed E-state index contributed by atoms with van der Waals surface area (Å²) in [6.45, 7) is 2.58. The van der Waals surface area contributed by atoms with Crippen molar-refractivity contribution in [1.82, 2.24) is 15.5 Å². The van der Waals surface area contributed by atoms with E-state index in [2.05, 4.69) is 15.5 Å². The molecule has 1 aromatic carbocycles. The number of rotatable bonds is 8. The average Bonchev–Trinajstić information content (AvgIpc) is 2.46. The summed E-state index contributed by atoms with van der Waals surface area (Å²) in [4.78, 5) is 2.11. The van der Waals surface area contributed by atoms with Crippen LogP contribution < -0.4 is 20.1 Å². The lowest BCUT2D eigenvalue weighted by Gasteiger charge is -2.14. The fourth-order valence-corrected chi connectivity index (χ4v) is 2.02. The molecule has 0 fully saturated rings. The highest BCUT2D eigenvalue weighted by Gasteiger charge is 2.04. The molecule has 2 N–H and O–H groups in total. The number of hydrogen-bond donors (Lipinski definition) is 2. The van der Waals surface area contributed by atoms with Crippen LogP contribution in [0.2, 0.25) is 0 Å². The van der Waals surface area contributed by atoms with Gasteiger partial charge in [-0.1, -0.05) is 6.07 Å². The topological polar surface area (TPSA) is 45.8 Å². The molecule has 21 heavy (non-hydrogen) atoms. The maximum absolute atomic E-state index is 5.29. The number of nitrogens with one attached hydrogen (secondary N) is 2. The third-order valence-corrected chi connectivity index (χ3v) is 3.28. The number of hydrogen-bond acceptors (Lipinski definition) is 4. The number of benzene rings is 1. The lowest BCUT2D eigenvalue weighted by molar-refractivity contribution is 0.354. The van der Waals surface area contributed by atoms with Crippen LogP contribution >= 0.6 is 12.2 Å². The van der Waals surface area contributed by atoms with Crippen molar-refractivity contribution in [2.75, 3.05) is 47.9 Å². The van der Waals surface area contributed by atoms with Crippen LogP contribution in [0, 0.1) is 0 Å². The van der Waals surface area contributed by atoms with Gasteiger partial charge in [0.1, 0.15) is 0 Å². The molecule has 0 radical (unpaired) electrons. The molecular weight excluding hydrogens is 286 g/mol. The quantitative estimate of drug-likeness (QED) is 0.705. The molecule has 0 aliphatic heterocycles. The van der Waals surface area contributed by atoms with Crippen LogP contribution in [0.25, 0.3) is 0 Å². The summed E-state index contributed by atoms with van der Waals surface area (Å²) in [5.41, 5.74) is 1.18. The van der Waals surface area contributed by atoms with Crippen molar-refractivity contribution in [3.8, 4) is 11.5 Å². The molecule has 0 atom stereocenters. The highest BCUT2D eigenvalue weighted by atomic mass is 32.1. The fourth-order valence-electron chi connectivity index (χ4n) is 1.81. The second-order valence-electron chi connectivity index (χ2n) is 4.93. The van der Waals surface area contributed by atoms with E-state index in [9.17, 15) is 0 Å². The minimum absolute atomic E-state index is 0.692. The zero-order valence-electron chi connectivity index (χ0n) is 13.2. The molecule has 0 unspecified atom stereocenters. The van der Waals surface area contributed by atoms with Gasteiger partial charge >= 0.3 is 0 Å². The third kappa shape index (κ3) is 6.64. The normalized spacial score (nSPS) is 10.3. The highest BCUT2D eigenvalue weighted by Crippen LogP contribution is 2.27. The van der Waals surface area contributed by atoms with E-state index in [1.54, 1.807) is 14.2 Å². The van der Waals surface area contributed by atoms with Crippen molar-refractivity contribution in [2.45, 2.75) is 6.42 Å². The Morgan fingerprint density at radius 1 is 1.10 bits per heavy atom. The van der Waals surface area contributed by atoms with Crippen molar-refractivity contribution in [3.63, 3.8) is 0 Å². The second kappa shape index (κ2) is 9.41. The van der Waals surface area contributed by atoms with Crippen molar-refractivity contribution in [2.24, 2.45) is 0 Å². The fraction of sp³-hybridized carbons (Fsp3) is 0.533. The Labute approximate surface area is 132 Å². The second-order valence-corrected chi connectivity index (χ2v) is 5.33. The van der Waals surface area contributed by atoms with Crippen molar-refractivity contribution in [3.05, 3.63) is 23.8 Å². The first-order valence-corrected chi connectivity index (χ1v) is 7.35. The van der Waals surface area contributed by atoms with Crippen LogP contribution in [0.4, 0.5) is 0 Å². The average molecular weight is 311 g/mol. The van der Waals surface area contributed by atoms with E-state index in [0.29, 0.717) is 5.11 Å². The third-order valence-electron chi connectivity index (χ3n) is 2.99. The van der Waals surface area contributed by atoms with Crippen LogP contribution in [0.1, 0.15) is 5.56 Å². The number of likely N-dealkylation sites (N-methyl/N-ethyl adjacent to an activating group) is 1. The first-order chi connectivity index (χ1) is 10.1. The van der Waals surface area contributed by atoms with E-state index in [4.69, 9.17) is 21.7 Å². The Morgan fingerprint density at radius 2 is 1.76 bits per heavy atom. The molecule has 5 nitrogen and oxygen atoms in total. The van der Waals surface area contributed by atoms with E-state index >= 15 is 0 Å². The zero-order chi connectivity index (χ0) is 15.7. The number of methoxy groups -OCH3 is 2. The van der Waals surface area contributed by atoms with Gasteiger partial charge in [0.15, 0.2) is 16.6 Å². The van der Waals surface area contributed by atoms with Gasteiger partial charge in [-0.05, 0) is 50.4 Å². The van der Waals surface area contributed by atoms with Gasteiger partial charge in [0.2, 0.25) is 0 Å². The summed E-state index contributed by atoms with van der Waals surface area (Å²) >= 11 is 5.22. The first-order valence-electron chi connectivity index (χ1n) is 6.94. The van der Waals surface area contributed by atoms with Crippen LogP contribution in [-0.2, 0) is 6.42 Å². The highest BCUT2D eigenvalue weighted by molar-refractivity contribution is 7.80. The minimum Gasteiger partial charge on any atom is -0.493 e. The van der Waals surface area contributed by atoms with Crippen LogP contribution in [0.15, 0.2) is 18.2 Å². The molecule has 0 bridgehead atoms. The van der Waals surface area contributed by atoms with E-state index in [1.165, 1.54) is 5.56 Å². The van der Waals surface area contributed by atoms with Crippen LogP contribution in [-0.4, -0.2) is 58.0 Å². The number of ether oxygens (including phenoxy) is 2. The van der Waals surface area contributed by atoms with Crippen LogP contribution in [0.3, 0.4) is 0 Å². The molecule has 0 aliphatic carbocycles. The molecule has 0 heterocycles. The molecule has 0 spiro atoms. The van der Waals surface area contributed by atoms with Gasteiger partial charge in [0, 0.05) is 19.6 Å². The van der Waals surface area contributed by atoms with E-state index in [-0.39, 0.29) is 0 Å². The van der Waals surface area contributed by atoms with Crippen molar-refractivity contribution < 1.29 is 9.47 Å². The van der Waals surface area contributed by atoms with Gasteiger partial charge in [-0.15, -0.1) is 0 Å². The molecule has 118 valence electrons. The molecule has 1 rings (SSSR count). The summed E-state index contributed by atoms with van der Waals surface area (Å²) < 4.78 is 10.5. The summed E-state index contributed by atoms with van der Waals surface area (Å²) in [5, 5.41) is 7.07. The zero-order valence-corrected chi connectivity index (χ0v) is 14.0. The van der Waals surface area contributed by atoms with Gasteiger partial charge in [-0.2, -0.15) is 0 Å². The Balaban J connectivity index is 2.33. The smallest absolute Gasteiger partial charge is 0.166 e. The molecule has 1 aromatic rings. The lowest BCUT2D eigenvalue weighted by Crippen LogP contribution is -2.39. The molecule has 0 saturated heterocycles. The molecule has 0 saturated carbocycles. The molecule has 0 amide bonds. The van der Waals surface area contributed by atoms with Gasteiger partial charge in [0.25, 0.3) is 0 Å². The summed E-state index contributed by atoms with van der Waals surface area (Å²) in [6.07, 6.45) is 0.871. The van der Waals surface area contributed by atoms with Gasteiger partial charge in [-0.25, -0.2) is 0 Å². The van der Waals surface area contributed by atoms with E-state index < -0.39 is 0 Å². The Morgan fingerprint density at radius 3 is 2.38 bits per heavy atom. The van der Waals surface area contributed by atoms with E-state index in [0.717, 1.165) is 37.6 Å². The van der Waals surface area contributed by atoms with Crippen molar-refractivity contribution in [1.29, 1.82) is 0 Å². The summed E-state index contributed by atoms with van der Waals surface area (Å²) in [7, 11) is 7.35. The monoisotopic (exact) mass is 311 g/mol. The molecule has 0 aromatic heterocycles. The minimum atomic E-state index is 0.692. The molecule has 0 aliphatic rings. The lowest BCUT2D eigenvalue weighted by atomic mass is 10.1. The molecule has 6 heteroatoms. The standard InChI is InChI=1S/C15H25N3O2S/c1-18(2)10-9-17-15(21)16-8-7-12-5-6-13(19-3)14(11-12)20-4/h5-6,11H,7-10H2,1-4H3,(H2,16,17,21). The predicted molar refractivity (Wildman–Crippen MR) is 90.4 cm³/mol. The van der Waals surface area contributed by atoms with E-state index in [1.807, 2.05) is 32.3 Å². The SMILES string of the molecule is COc1ccc(CCNC(=S)NCCN(C)C)cc1OC. The first kappa shape index (κ1) is 17.5. The van der Waals surface area contributed by atoms with Gasteiger partial charge in [0.05, 0.1) is 14.2 Å². The summed E-state index contributed by atoms with van der Waals surface area (Å²) in [6, 6.07) is 5.94. The number of thiocarbonyl (C=S) groups is 1. The Kier molecular flexibility index (Phi) is 7.85. The predicted octanol–water partition coefficient (Wildman–Crippen LogP) is 1.27. The largest absolute Gasteiger partial charge is 0.493 e. The molecular formula is C15H25N3O2S. The maximum Gasteiger partial charge on any atom is 0.166 e. The number of nitrogens with zero attached hydrogens (tertiary/aromatic N) is 1. The summed E-state index contributed by atoms with van der Waals surface area (Å²) in [5.74, 6) is 1.50. The van der Waals surface area contributed by atoms with Crippen molar-refractivity contribution >= 4 is 17.3 Å². The van der Waals surface area contributed by atoms with Crippen LogP contribution in [0.5, 0.6) is 11.5 Å². The Hall–Kier alpha value is -1.53. The maximum atomic E-state index is 5.29. The van der Waals surface area contributed by atoms with Gasteiger partial charge < -0.3 is 25.0 Å².